The number of aliphatic carboxylic acids is 1. The summed E-state index contributed by atoms with van der Waals surface area (Å²) >= 11 is 0. The van der Waals surface area contributed by atoms with E-state index >= 15 is 0 Å². The van der Waals surface area contributed by atoms with Crippen LogP contribution in [-0.2, 0) is 4.79 Å². The largest absolute Gasteiger partial charge is 0.480 e. The van der Waals surface area contributed by atoms with E-state index in [0.29, 0.717) is 19.4 Å². The number of carboxylic acid groups (broad SMARTS) is 1. The Bertz CT molecular complexity index is 588. The molecule has 0 aromatic heterocycles. The maximum absolute atomic E-state index is 11.1. The molecule has 1 saturated heterocycles. The smallest absolute Gasteiger partial charge is 0.369 e. The zero-order chi connectivity index (χ0) is 14.9. The number of hydrogen-bond donors (Lipinski definition) is 1. The number of nitro groups is 2. The molecule has 2 rings (SSSR count). The van der Waals surface area contributed by atoms with Crippen LogP contribution >= 0.6 is 0 Å². The van der Waals surface area contributed by atoms with Crippen LogP contribution in [0.4, 0.5) is 17.1 Å². The van der Waals surface area contributed by atoms with Crippen molar-refractivity contribution in [2.75, 3.05) is 11.4 Å². The summed E-state index contributed by atoms with van der Waals surface area (Å²) in [5.41, 5.74) is -1.32. The fraction of sp³-hybridized carbons (Fsp3) is 0.364. The van der Waals surface area contributed by atoms with Gasteiger partial charge in [-0.15, -0.1) is 0 Å². The maximum atomic E-state index is 11.1. The first-order valence-corrected chi connectivity index (χ1v) is 5.84. The fourth-order valence-corrected chi connectivity index (χ4v) is 2.40. The van der Waals surface area contributed by atoms with Crippen LogP contribution in [0.25, 0.3) is 0 Å². The zero-order valence-corrected chi connectivity index (χ0v) is 10.3. The highest BCUT2D eigenvalue weighted by Gasteiger charge is 2.38. The highest BCUT2D eigenvalue weighted by atomic mass is 16.6. The second kappa shape index (κ2) is 5.11. The molecule has 9 nitrogen and oxygen atoms in total. The van der Waals surface area contributed by atoms with Crippen molar-refractivity contribution < 1.29 is 19.7 Å². The molecule has 1 aromatic carbocycles. The van der Waals surface area contributed by atoms with Crippen LogP contribution in [0, 0.1) is 20.2 Å². The van der Waals surface area contributed by atoms with E-state index < -0.39 is 33.2 Å². The van der Waals surface area contributed by atoms with Gasteiger partial charge in [-0.25, -0.2) is 4.79 Å². The van der Waals surface area contributed by atoms with E-state index in [0.717, 1.165) is 6.07 Å². The third-order valence-corrected chi connectivity index (χ3v) is 3.22. The second-order valence-electron chi connectivity index (χ2n) is 4.35. The number of nitrogens with zero attached hydrogens (tertiary/aromatic N) is 3. The number of rotatable bonds is 4. The Morgan fingerprint density at radius 3 is 2.55 bits per heavy atom. The highest BCUT2D eigenvalue weighted by molar-refractivity contribution is 5.82. The van der Waals surface area contributed by atoms with Crippen LogP contribution in [-0.4, -0.2) is 33.5 Å². The molecule has 1 aliphatic heterocycles. The summed E-state index contributed by atoms with van der Waals surface area (Å²) in [5.74, 6) is -1.09. The van der Waals surface area contributed by atoms with Crippen molar-refractivity contribution in [2.45, 2.75) is 18.9 Å². The Morgan fingerprint density at radius 2 is 2.00 bits per heavy atom. The lowest BCUT2D eigenvalue weighted by Crippen LogP contribution is -2.36. The van der Waals surface area contributed by atoms with E-state index in [1.165, 1.54) is 17.0 Å². The minimum Gasteiger partial charge on any atom is -0.480 e. The van der Waals surface area contributed by atoms with Crippen molar-refractivity contribution >= 4 is 23.0 Å². The quantitative estimate of drug-likeness (QED) is 0.655. The van der Waals surface area contributed by atoms with Crippen molar-refractivity contribution in [1.82, 2.24) is 0 Å². The minimum atomic E-state index is -1.09. The van der Waals surface area contributed by atoms with Gasteiger partial charge in [0.1, 0.15) is 11.7 Å². The molecule has 0 radical (unpaired) electrons. The van der Waals surface area contributed by atoms with E-state index in [2.05, 4.69) is 0 Å². The fourth-order valence-electron chi connectivity index (χ4n) is 2.40. The molecule has 1 fully saturated rings. The molecule has 0 bridgehead atoms. The van der Waals surface area contributed by atoms with Gasteiger partial charge in [0.05, 0.1) is 9.85 Å². The second-order valence-corrected chi connectivity index (χ2v) is 4.35. The highest BCUT2D eigenvalue weighted by Crippen LogP contribution is 2.39. The Labute approximate surface area is 112 Å². The average Bonchev–Trinajstić information content (AvgIpc) is 2.86. The molecular formula is C11H11N3O6. The number of nitro benzene ring substituents is 2. The normalized spacial score (nSPS) is 18.0. The minimum absolute atomic E-state index is 0.0194. The van der Waals surface area contributed by atoms with Gasteiger partial charge in [0.15, 0.2) is 0 Å². The molecule has 1 aliphatic rings. The van der Waals surface area contributed by atoms with Gasteiger partial charge in [0, 0.05) is 12.6 Å². The van der Waals surface area contributed by atoms with Crippen LogP contribution in [0.2, 0.25) is 0 Å². The maximum Gasteiger partial charge on any atom is 0.369 e. The van der Waals surface area contributed by atoms with E-state index in [1.54, 1.807) is 0 Å². The van der Waals surface area contributed by atoms with Crippen LogP contribution in [0.15, 0.2) is 18.2 Å². The van der Waals surface area contributed by atoms with Crippen molar-refractivity contribution in [3.8, 4) is 0 Å². The topological polar surface area (TPSA) is 127 Å². The van der Waals surface area contributed by atoms with Gasteiger partial charge < -0.3 is 10.0 Å². The molecule has 106 valence electrons. The molecule has 0 amide bonds. The molecule has 1 heterocycles. The Balaban J connectivity index is 2.56. The summed E-state index contributed by atoms with van der Waals surface area (Å²) in [5, 5.41) is 31.1. The van der Waals surface area contributed by atoms with Crippen LogP contribution in [0.3, 0.4) is 0 Å². The first-order valence-electron chi connectivity index (χ1n) is 5.84. The predicted octanol–water partition coefficient (Wildman–Crippen LogP) is 1.56. The number of carboxylic acids is 1. The summed E-state index contributed by atoms with van der Waals surface area (Å²) in [6.07, 6.45) is 0.923. The Hall–Kier alpha value is -2.71. The lowest BCUT2D eigenvalue weighted by atomic mass is 10.1. The molecule has 1 N–H and O–H groups in total. The van der Waals surface area contributed by atoms with E-state index in [1.807, 2.05) is 0 Å². The third kappa shape index (κ3) is 2.25. The number of carbonyl (C=O) groups is 1. The first-order chi connectivity index (χ1) is 9.43. The SMILES string of the molecule is O=C(O)C1CCCN1c1cccc([N+](=O)[O-])c1[N+](=O)[O-]. The predicted molar refractivity (Wildman–Crippen MR) is 67.8 cm³/mol. The number of para-hydroxylation sites is 1. The van der Waals surface area contributed by atoms with Gasteiger partial charge in [-0.1, -0.05) is 6.07 Å². The lowest BCUT2D eigenvalue weighted by Gasteiger charge is -2.22. The van der Waals surface area contributed by atoms with Crippen LogP contribution < -0.4 is 4.90 Å². The summed E-state index contributed by atoms with van der Waals surface area (Å²) in [4.78, 5) is 32.8. The van der Waals surface area contributed by atoms with Crippen molar-refractivity contribution in [3.63, 3.8) is 0 Å². The summed E-state index contributed by atoms with van der Waals surface area (Å²) < 4.78 is 0. The number of hydrogen-bond acceptors (Lipinski definition) is 6. The number of anilines is 1. The van der Waals surface area contributed by atoms with Crippen LogP contribution in [0.5, 0.6) is 0 Å². The monoisotopic (exact) mass is 281 g/mol. The molecule has 0 aliphatic carbocycles. The van der Waals surface area contributed by atoms with E-state index in [9.17, 15) is 25.0 Å². The van der Waals surface area contributed by atoms with Crippen molar-refractivity contribution in [2.24, 2.45) is 0 Å². The van der Waals surface area contributed by atoms with Gasteiger partial charge in [-0.2, -0.15) is 0 Å². The molecule has 9 heteroatoms. The molecule has 1 unspecified atom stereocenters. The molecule has 1 aromatic rings. The summed E-state index contributed by atoms with van der Waals surface area (Å²) in [6, 6.07) is 2.80. The standard InChI is InChI=1S/C11H11N3O6/c15-11(16)9-5-2-6-12(9)7-3-1-4-8(13(17)18)10(7)14(19)20/h1,3-4,9H,2,5-6H2,(H,15,16). The van der Waals surface area contributed by atoms with Gasteiger partial charge in [0.25, 0.3) is 0 Å². The first kappa shape index (κ1) is 13.7. The molecule has 0 spiro atoms. The Kier molecular flexibility index (Phi) is 3.51. The molecule has 0 saturated carbocycles. The van der Waals surface area contributed by atoms with Crippen LogP contribution in [0.1, 0.15) is 12.8 Å². The van der Waals surface area contributed by atoms with Gasteiger partial charge in [-0.05, 0) is 18.9 Å². The number of benzene rings is 1. The van der Waals surface area contributed by atoms with E-state index in [-0.39, 0.29) is 5.69 Å². The Morgan fingerprint density at radius 1 is 1.30 bits per heavy atom. The van der Waals surface area contributed by atoms with Gasteiger partial charge in [0.2, 0.25) is 0 Å². The van der Waals surface area contributed by atoms with Crippen molar-refractivity contribution in [1.29, 1.82) is 0 Å². The van der Waals surface area contributed by atoms with E-state index in [4.69, 9.17) is 5.11 Å². The lowest BCUT2D eigenvalue weighted by molar-refractivity contribution is -0.422. The average molecular weight is 281 g/mol. The third-order valence-electron chi connectivity index (χ3n) is 3.22. The zero-order valence-electron chi connectivity index (χ0n) is 10.3. The molecular weight excluding hydrogens is 270 g/mol. The van der Waals surface area contributed by atoms with Crippen molar-refractivity contribution in [3.05, 3.63) is 38.4 Å². The molecule has 20 heavy (non-hydrogen) atoms. The molecule has 1 atom stereocenters. The van der Waals surface area contributed by atoms with Gasteiger partial charge in [-0.3, -0.25) is 20.2 Å². The summed E-state index contributed by atoms with van der Waals surface area (Å²) in [6.45, 7) is 0.318. The summed E-state index contributed by atoms with van der Waals surface area (Å²) in [7, 11) is 0. The van der Waals surface area contributed by atoms with Gasteiger partial charge >= 0.3 is 17.3 Å².